The molecule has 0 saturated carbocycles. The van der Waals surface area contributed by atoms with Gasteiger partial charge in [0, 0.05) is 11.1 Å². The fourth-order valence-corrected chi connectivity index (χ4v) is 2.65. The summed E-state index contributed by atoms with van der Waals surface area (Å²) in [6.45, 7) is 4.22. The van der Waals surface area contributed by atoms with E-state index in [4.69, 9.17) is 5.73 Å². The molecule has 7 heteroatoms. The van der Waals surface area contributed by atoms with Crippen molar-refractivity contribution in [2.24, 2.45) is 5.73 Å². The molecule has 0 aliphatic rings. The lowest BCUT2D eigenvalue weighted by Gasteiger charge is -2.23. The lowest BCUT2D eigenvalue weighted by molar-refractivity contribution is -0.126. The monoisotopic (exact) mass is 361 g/mol. The molecule has 2 rings (SSSR count). The molecule has 1 atom stereocenters. The van der Waals surface area contributed by atoms with E-state index in [1.54, 1.807) is 18.3 Å². The third kappa shape index (κ3) is 4.95. The third-order valence-corrected chi connectivity index (χ3v) is 4.34. The Labute approximate surface area is 147 Å². The van der Waals surface area contributed by atoms with Crippen LogP contribution in [0.5, 0.6) is 0 Å². The molecule has 0 spiro atoms. The third-order valence-electron chi connectivity index (χ3n) is 3.20. The predicted molar refractivity (Wildman–Crippen MR) is 95.8 cm³/mol. The van der Waals surface area contributed by atoms with Crippen LogP contribution < -0.4 is 11.1 Å². The van der Waals surface area contributed by atoms with Crippen LogP contribution >= 0.6 is 36.2 Å². The molecule has 1 amide bonds. The van der Waals surface area contributed by atoms with Crippen LogP contribution in [-0.2, 0) is 23.3 Å². The summed E-state index contributed by atoms with van der Waals surface area (Å²) in [6.07, 6.45) is 2.81. The first-order chi connectivity index (χ1) is 9.54. The Bertz CT molecular complexity index is 587. The number of halogens is 2. The molecule has 122 valence electrons. The molecule has 0 saturated heterocycles. The summed E-state index contributed by atoms with van der Waals surface area (Å²) in [5, 5.41) is 3.76. The van der Waals surface area contributed by atoms with E-state index < -0.39 is 5.54 Å². The molecule has 1 aromatic heterocycles. The zero-order valence-electron chi connectivity index (χ0n) is 12.5. The summed E-state index contributed by atoms with van der Waals surface area (Å²) in [7, 11) is 0. The molecule has 0 bridgehead atoms. The maximum atomic E-state index is 12.3. The van der Waals surface area contributed by atoms with Gasteiger partial charge in [-0.05, 0) is 18.9 Å². The molecule has 2 aromatic rings. The molecule has 0 aliphatic carbocycles. The number of hydrogen-bond donors (Lipinski definition) is 2. The summed E-state index contributed by atoms with van der Waals surface area (Å²) in [6, 6.07) is 9.37. The van der Waals surface area contributed by atoms with E-state index in [1.807, 2.05) is 36.5 Å². The summed E-state index contributed by atoms with van der Waals surface area (Å²) in [5.41, 5.74) is 5.91. The normalized spacial score (nSPS) is 12.5. The lowest BCUT2D eigenvalue weighted by Crippen LogP contribution is -2.48. The van der Waals surface area contributed by atoms with E-state index in [0.717, 1.165) is 17.0 Å². The zero-order valence-corrected chi connectivity index (χ0v) is 15.0. The Morgan fingerprint density at radius 1 is 1.32 bits per heavy atom. The average Bonchev–Trinajstić information content (AvgIpc) is 2.93. The number of aromatic nitrogens is 1. The van der Waals surface area contributed by atoms with Gasteiger partial charge in [-0.1, -0.05) is 37.3 Å². The Kier molecular flexibility index (Phi) is 8.63. The molecule has 0 radical (unpaired) electrons. The van der Waals surface area contributed by atoms with E-state index in [9.17, 15) is 4.79 Å². The number of nitrogens with zero attached hydrogens (tertiary/aromatic N) is 1. The molecular formula is C15H21Cl2N3OS. The molecule has 3 N–H and O–H groups in total. The minimum atomic E-state index is -1.04. The van der Waals surface area contributed by atoms with Gasteiger partial charge >= 0.3 is 0 Å². The second kappa shape index (κ2) is 9.10. The zero-order chi connectivity index (χ0) is 14.6. The number of aryl methyl sites for hydroxylation is 1. The van der Waals surface area contributed by atoms with Gasteiger partial charge in [-0.2, -0.15) is 0 Å². The van der Waals surface area contributed by atoms with Crippen LogP contribution in [0.2, 0.25) is 0 Å². The fourth-order valence-electron chi connectivity index (χ4n) is 1.85. The van der Waals surface area contributed by atoms with Crippen molar-refractivity contribution in [1.82, 2.24) is 10.3 Å². The number of rotatable bonds is 5. The van der Waals surface area contributed by atoms with Gasteiger partial charge in [0.2, 0.25) is 5.91 Å². The van der Waals surface area contributed by atoms with Crippen LogP contribution in [-0.4, -0.2) is 10.9 Å². The number of nitrogens with one attached hydrogen (secondary N) is 1. The molecule has 1 aromatic carbocycles. The number of hydrogen-bond acceptors (Lipinski definition) is 4. The van der Waals surface area contributed by atoms with Gasteiger partial charge in [0.05, 0.1) is 6.54 Å². The topological polar surface area (TPSA) is 68.0 Å². The van der Waals surface area contributed by atoms with Gasteiger partial charge in [0.1, 0.15) is 10.5 Å². The second-order valence-corrected chi connectivity index (χ2v) is 6.02. The van der Waals surface area contributed by atoms with Crippen molar-refractivity contribution < 1.29 is 4.79 Å². The first-order valence-corrected chi connectivity index (χ1v) is 7.42. The Morgan fingerprint density at radius 3 is 2.50 bits per heavy atom. The molecule has 0 aliphatic heterocycles. The summed E-state index contributed by atoms with van der Waals surface area (Å²) < 4.78 is 0. The number of thiazole rings is 1. The molecule has 1 heterocycles. The first kappa shape index (κ1) is 20.9. The van der Waals surface area contributed by atoms with Crippen molar-refractivity contribution >= 4 is 42.1 Å². The van der Waals surface area contributed by atoms with E-state index in [2.05, 4.69) is 17.2 Å². The van der Waals surface area contributed by atoms with Crippen LogP contribution in [0, 0.1) is 0 Å². The Morgan fingerprint density at radius 2 is 1.95 bits per heavy atom. The van der Waals surface area contributed by atoms with Crippen molar-refractivity contribution in [2.75, 3.05) is 0 Å². The van der Waals surface area contributed by atoms with Gasteiger partial charge in [0.25, 0.3) is 0 Å². The molecule has 22 heavy (non-hydrogen) atoms. The van der Waals surface area contributed by atoms with Crippen molar-refractivity contribution in [3.63, 3.8) is 0 Å². The molecular weight excluding hydrogens is 341 g/mol. The number of amides is 1. The summed E-state index contributed by atoms with van der Waals surface area (Å²) in [4.78, 5) is 17.7. The van der Waals surface area contributed by atoms with E-state index in [-0.39, 0.29) is 30.7 Å². The van der Waals surface area contributed by atoms with Crippen LogP contribution in [0.15, 0.2) is 36.5 Å². The first-order valence-electron chi connectivity index (χ1n) is 6.60. The van der Waals surface area contributed by atoms with Crippen molar-refractivity contribution in [3.8, 4) is 0 Å². The van der Waals surface area contributed by atoms with Gasteiger partial charge in [-0.25, -0.2) is 4.98 Å². The van der Waals surface area contributed by atoms with Crippen molar-refractivity contribution in [1.29, 1.82) is 0 Å². The largest absolute Gasteiger partial charge is 0.348 e. The fraction of sp³-hybridized carbons (Fsp3) is 0.333. The second-order valence-electron chi connectivity index (χ2n) is 4.82. The van der Waals surface area contributed by atoms with E-state index >= 15 is 0 Å². The quantitative estimate of drug-likeness (QED) is 0.859. The SMILES string of the molecule is CCc1cnc(CNC(=O)C(C)(N)c2ccccc2)s1.Cl.Cl. The smallest absolute Gasteiger partial charge is 0.244 e. The number of carbonyl (C=O) groups excluding carboxylic acids is 1. The minimum absolute atomic E-state index is 0. The van der Waals surface area contributed by atoms with Gasteiger partial charge in [0.15, 0.2) is 0 Å². The van der Waals surface area contributed by atoms with Crippen LogP contribution in [0.3, 0.4) is 0 Å². The standard InChI is InChI=1S/C15H19N3OS.2ClH/c1-3-12-9-17-13(20-12)10-18-14(19)15(2,16)11-7-5-4-6-8-11;;/h4-9H,3,10,16H2,1-2H3,(H,18,19);2*1H. The highest BCUT2D eigenvalue weighted by molar-refractivity contribution is 7.11. The highest BCUT2D eigenvalue weighted by Crippen LogP contribution is 2.18. The Hall–Kier alpha value is -1.14. The summed E-state index contributed by atoms with van der Waals surface area (Å²) >= 11 is 1.61. The number of benzene rings is 1. The lowest BCUT2D eigenvalue weighted by atomic mass is 9.92. The molecule has 4 nitrogen and oxygen atoms in total. The van der Waals surface area contributed by atoms with Gasteiger partial charge in [-0.15, -0.1) is 36.2 Å². The predicted octanol–water partition coefficient (Wildman–Crippen LogP) is 3.04. The van der Waals surface area contributed by atoms with Gasteiger partial charge < -0.3 is 11.1 Å². The minimum Gasteiger partial charge on any atom is -0.348 e. The van der Waals surface area contributed by atoms with Crippen LogP contribution in [0.4, 0.5) is 0 Å². The Balaban J connectivity index is 0.00000220. The van der Waals surface area contributed by atoms with Crippen LogP contribution in [0.25, 0.3) is 0 Å². The number of carbonyl (C=O) groups is 1. The number of nitrogens with two attached hydrogens (primary N) is 1. The maximum Gasteiger partial charge on any atom is 0.244 e. The van der Waals surface area contributed by atoms with Crippen molar-refractivity contribution in [2.45, 2.75) is 32.4 Å². The van der Waals surface area contributed by atoms with Crippen molar-refractivity contribution in [3.05, 3.63) is 52.0 Å². The average molecular weight is 362 g/mol. The molecule has 0 fully saturated rings. The van der Waals surface area contributed by atoms with Crippen LogP contribution in [0.1, 0.15) is 29.3 Å². The highest BCUT2D eigenvalue weighted by atomic mass is 35.5. The highest BCUT2D eigenvalue weighted by Gasteiger charge is 2.30. The van der Waals surface area contributed by atoms with E-state index in [1.165, 1.54) is 4.88 Å². The van der Waals surface area contributed by atoms with Gasteiger partial charge in [-0.3, -0.25) is 4.79 Å². The summed E-state index contributed by atoms with van der Waals surface area (Å²) in [5.74, 6) is -0.197. The maximum absolute atomic E-state index is 12.3. The molecule has 1 unspecified atom stereocenters. The van der Waals surface area contributed by atoms with E-state index in [0.29, 0.717) is 6.54 Å².